The maximum absolute atomic E-state index is 9.94. The molecule has 2 aliphatic rings. The van der Waals surface area contributed by atoms with E-state index in [1.807, 2.05) is 12.3 Å². The maximum atomic E-state index is 9.94. The minimum Gasteiger partial charge on any atom is -0.377 e. The topological polar surface area (TPSA) is 95.7 Å². The van der Waals surface area contributed by atoms with Crippen LogP contribution in [0.3, 0.4) is 0 Å². The highest BCUT2D eigenvalue weighted by Gasteiger charge is 2.41. The number of ether oxygens (including phenoxy) is 1. The molecule has 0 spiro atoms. The number of anilines is 1. The van der Waals surface area contributed by atoms with Gasteiger partial charge < -0.3 is 9.64 Å². The molecule has 4 heterocycles. The van der Waals surface area contributed by atoms with Gasteiger partial charge in [0.25, 0.3) is 0 Å². The zero-order valence-corrected chi connectivity index (χ0v) is 15.2. The lowest BCUT2D eigenvalue weighted by atomic mass is 9.65. The number of nitriles is 1. The minimum absolute atomic E-state index is 0.234. The monoisotopic (exact) mass is 363 g/mol. The van der Waals surface area contributed by atoms with Gasteiger partial charge >= 0.3 is 0 Å². The van der Waals surface area contributed by atoms with Gasteiger partial charge in [0.15, 0.2) is 11.5 Å². The summed E-state index contributed by atoms with van der Waals surface area (Å²) in [7, 11) is 0. The first-order valence-electron chi connectivity index (χ1n) is 9.37. The first-order chi connectivity index (χ1) is 13.2. The van der Waals surface area contributed by atoms with Gasteiger partial charge in [-0.25, -0.2) is 4.98 Å². The normalized spacial score (nSPS) is 21.8. The molecule has 1 N–H and O–H groups in total. The zero-order chi connectivity index (χ0) is 18.4. The van der Waals surface area contributed by atoms with E-state index in [0.717, 1.165) is 48.2 Å². The molecule has 8 heteroatoms. The van der Waals surface area contributed by atoms with E-state index in [2.05, 4.69) is 39.3 Å². The van der Waals surface area contributed by atoms with Crippen molar-refractivity contribution in [1.82, 2.24) is 25.0 Å². The zero-order valence-electron chi connectivity index (χ0n) is 15.2. The summed E-state index contributed by atoms with van der Waals surface area (Å²) < 4.78 is 7.33. The van der Waals surface area contributed by atoms with Gasteiger partial charge in [0.1, 0.15) is 5.82 Å². The third-order valence-corrected chi connectivity index (χ3v) is 5.83. The molecule has 1 aliphatic carbocycles. The van der Waals surface area contributed by atoms with E-state index in [1.165, 1.54) is 0 Å². The van der Waals surface area contributed by atoms with Gasteiger partial charge in [0.05, 0.1) is 36.9 Å². The fraction of sp³-hybridized carbons (Fsp3) is 0.474. The molecule has 0 aromatic carbocycles. The van der Waals surface area contributed by atoms with Crippen LogP contribution in [0.2, 0.25) is 0 Å². The fourth-order valence-corrected chi connectivity index (χ4v) is 4.11. The van der Waals surface area contributed by atoms with E-state index in [0.29, 0.717) is 19.0 Å². The Labute approximate surface area is 156 Å². The number of hydrogen-bond donors (Lipinski definition) is 1. The fourth-order valence-electron chi connectivity index (χ4n) is 4.11. The van der Waals surface area contributed by atoms with Crippen molar-refractivity contribution in [2.24, 2.45) is 0 Å². The molecule has 5 rings (SSSR count). The molecule has 8 nitrogen and oxygen atoms in total. The molecule has 2 fully saturated rings. The minimum atomic E-state index is -0.440. The summed E-state index contributed by atoms with van der Waals surface area (Å²) >= 11 is 0. The molecule has 1 aliphatic heterocycles. The summed E-state index contributed by atoms with van der Waals surface area (Å²) in [5.41, 5.74) is 1.34. The molecule has 0 radical (unpaired) electrons. The predicted molar refractivity (Wildman–Crippen MR) is 99.8 cm³/mol. The Hall–Kier alpha value is -2.92. The molecule has 27 heavy (non-hydrogen) atoms. The van der Waals surface area contributed by atoms with Crippen LogP contribution in [0, 0.1) is 11.3 Å². The van der Waals surface area contributed by atoms with E-state index in [-0.39, 0.29) is 6.04 Å². The lowest BCUT2D eigenvalue weighted by Crippen LogP contribution is -2.44. The Balaban J connectivity index is 1.74. The van der Waals surface area contributed by atoms with Gasteiger partial charge in [0.2, 0.25) is 0 Å². The standard InChI is InChI=1S/C19H21N7O/c1-13-11-27-8-7-25(13)17-9-15(19(12-20)4-2-5-19)14-10-22-26(18(14)23-17)16-3-6-21-24-16/h3,6,9-10,13H,2,4-5,7-8,11H2,1H3,(H,21,24)/t13-/m1/s1. The third-order valence-electron chi connectivity index (χ3n) is 5.83. The number of hydrogen-bond acceptors (Lipinski definition) is 6. The third kappa shape index (κ3) is 2.42. The van der Waals surface area contributed by atoms with E-state index < -0.39 is 5.41 Å². The highest BCUT2D eigenvalue weighted by atomic mass is 16.5. The number of aromatic nitrogens is 5. The summed E-state index contributed by atoms with van der Waals surface area (Å²) in [4.78, 5) is 7.20. The predicted octanol–water partition coefficient (Wildman–Crippen LogP) is 2.31. The van der Waals surface area contributed by atoms with Gasteiger partial charge in [-0.3, -0.25) is 5.10 Å². The van der Waals surface area contributed by atoms with Crippen molar-refractivity contribution in [3.63, 3.8) is 0 Å². The first-order valence-corrected chi connectivity index (χ1v) is 9.37. The largest absolute Gasteiger partial charge is 0.377 e. The average molecular weight is 363 g/mol. The van der Waals surface area contributed by atoms with Crippen LogP contribution in [-0.4, -0.2) is 50.8 Å². The number of H-pyrrole nitrogens is 1. The molecule has 0 bridgehead atoms. The van der Waals surface area contributed by atoms with Crippen LogP contribution in [0.15, 0.2) is 24.5 Å². The molecular weight excluding hydrogens is 342 g/mol. The second kappa shape index (κ2) is 6.06. The number of morpholine rings is 1. The molecule has 3 aromatic heterocycles. The van der Waals surface area contributed by atoms with E-state index in [9.17, 15) is 5.26 Å². The average Bonchev–Trinajstić information content (AvgIpc) is 3.30. The number of fused-ring (bicyclic) bond motifs is 1. The van der Waals surface area contributed by atoms with Crippen LogP contribution in [0.25, 0.3) is 16.9 Å². The molecule has 1 saturated carbocycles. The van der Waals surface area contributed by atoms with Gasteiger partial charge in [-0.2, -0.15) is 20.1 Å². The highest BCUT2D eigenvalue weighted by molar-refractivity contribution is 5.84. The Bertz CT molecular complexity index is 1010. The smallest absolute Gasteiger partial charge is 0.177 e. The van der Waals surface area contributed by atoms with Crippen molar-refractivity contribution in [2.45, 2.75) is 37.6 Å². The number of nitrogens with one attached hydrogen (secondary N) is 1. The summed E-state index contributed by atoms with van der Waals surface area (Å²) in [5, 5.41) is 22.5. The summed E-state index contributed by atoms with van der Waals surface area (Å²) in [5.74, 6) is 1.57. The lowest BCUT2D eigenvalue weighted by Gasteiger charge is -2.38. The van der Waals surface area contributed by atoms with E-state index in [4.69, 9.17) is 9.72 Å². The molecule has 1 saturated heterocycles. The van der Waals surface area contributed by atoms with Crippen LogP contribution < -0.4 is 4.90 Å². The van der Waals surface area contributed by atoms with Crippen molar-refractivity contribution in [3.8, 4) is 11.9 Å². The molecule has 138 valence electrons. The SMILES string of the molecule is C[C@@H]1COCCN1c1cc(C2(C#N)CCC2)c2cnn(-c3cc[nH]n3)c2n1. The molecule has 3 aromatic rings. The van der Waals surface area contributed by atoms with Gasteiger partial charge in [-0.05, 0) is 37.8 Å². The van der Waals surface area contributed by atoms with Crippen LogP contribution in [-0.2, 0) is 10.2 Å². The Kier molecular flexibility index (Phi) is 3.65. The quantitative estimate of drug-likeness (QED) is 0.767. The van der Waals surface area contributed by atoms with Crippen LogP contribution in [0.5, 0.6) is 0 Å². The molecule has 1 atom stereocenters. The number of aromatic amines is 1. The highest BCUT2D eigenvalue weighted by Crippen LogP contribution is 2.46. The Morgan fingerprint density at radius 1 is 1.37 bits per heavy atom. The van der Waals surface area contributed by atoms with Crippen LogP contribution in [0.1, 0.15) is 31.7 Å². The van der Waals surface area contributed by atoms with Crippen LogP contribution >= 0.6 is 0 Å². The maximum Gasteiger partial charge on any atom is 0.177 e. The van der Waals surface area contributed by atoms with Crippen molar-refractivity contribution < 1.29 is 4.74 Å². The van der Waals surface area contributed by atoms with Crippen molar-refractivity contribution >= 4 is 16.9 Å². The lowest BCUT2D eigenvalue weighted by molar-refractivity contribution is 0.0985. The van der Waals surface area contributed by atoms with Crippen molar-refractivity contribution in [3.05, 3.63) is 30.1 Å². The summed E-state index contributed by atoms with van der Waals surface area (Å²) in [6.45, 7) is 4.28. The van der Waals surface area contributed by atoms with Crippen molar-refractivity contribution in [2.75, 3.05) is 24.7 Å². The Morgan fingerprint density at radius 3 is 2.93 bits per heavy atom. The molecule has 0 unspecified atom stereocenters. The van der Waals surface area contributed by atoms with Gasteiger partial charge in [0, 0.05) is 24.2 Å². The number of rotatable bonds is 3. The van der Waals surface area contributed by atoms with Gasteiger partial charge in [-0.1, -0.05) is 0 Å². The van der Waals surface area contributed by atoms with Crippen molar-refractivity contribution in [1.29, 1.82) is 5.26 Å². The second-order valence-corrected chi connectivity index (χ2v) is 7.42. The van der Waals surface area contributed by atoms with E-state index >= 15 is 0 Å². The summed E-state index contributed by atoms with van der Waals surface area (Å²) in [6, 6.07) is 6.78. The number of pyridine rings is 1. The second-order valence-electron chi connectivity index (χ2n) is 7.42. The number of nitrogens with zero attached hydrogens (tertiary/aromatic N) is 6. The van der Waals surface area contributed by atoms with Gasteiger partial charge in [-0.15, -0.1) is 0 Å². The molecular formula is C19H21N7O. The first kappa shape index (κ1) is 16.3. The van der Waals surface area contributed by atoms with Crippen LogP contribution in [0.4, 0.5) is 5.82 Å². The summed E-state index contributed by atoms with van der Waals surface area (Å²) in [6.07, 6.45) is 6.42. The Morgan fingerprint density at radius 2 is 2.26 bits per heavy atom. The van der Waals surface area contributed by atoms with E-state index in [1.54, 1.807) is 10.9 Å². The molecule has 0 amide bonds.